The molecular formula is C39H32F2N4O5S. The predicted molar refractivity (Wildman–Crippen MR) is 189 cm³/mol. The van der Waals surface area contributed by atoms with E-state index in [9.17, 15) is 14.0 Å². The van der Waals surface area contributed by atoms with Gasteiger partial charge in [0, 0.05) is 81.4 Å². The maximum atomic E-state index is 15.5. The molecule has 258 valence electrons. The number of pyridine rings is 3. The largest absolute Gasteiger partial charge is 0.492 e. The van der Waals surface area contributed by atoms with Crippen molar-refractivity contribution in [2.24, 2.45) is 5.92 Å². The van der Waals surface area contributed by atoms with Crippen molar-refractivity contribution in [2.75, 3.05) is 33.4 Å². The lowest BCUT2D eigenvalue weighted by molar-refractivity contribution is 0.0293. The molecule has 0 N–H and O–H groups in total. The van der Waals surface area contributed by atoms with Crippen molar-refractivity contribution in [3.8, 4) is 33.5 Å². The number of ether oxygens (including phenoxy) is 3. The van der Waals surface area contributed by atoms with Crippen molar-refractivity contribution >= 4 is 27.3 Å². The van der Waals surface area contributed by atoms with Crippen LogP contribution in [0.25, 0.3) is 26.5 Å². The molecule has 12 heteroatoms. The maximum absolute atomic E-state index is 15.5. The van der Waals surface area contributed by atoms with E-state index < -0.39 is 23.0 Å². The fourth-order valence-electron chi connectivity index (χ4n) is 6.62. The van der Waals surface area contributed by atoms with E-state index in [2.05, 4.69) is 16.0 Å². The zero-order valence-electron chi connectivity index (χ0n) is 27.6. The highest BCUT2D eigenvalue weighted by atomic mass is 32.1. The van der Waals surface area contributed by atoms with Gasteiger partial charge in [-0.15, -0.1) is 11.3 Å². The Hall–Kier alpha value is -5.30. The quantitative estimate of drug-likeness (QED) is 0.133. The van der Waals surface area contributed by atoms with E-state index in [0.29, 0.717) is 47.0 Å². The first kappa shape index (κ1) is 32.9. The van der Waals surface area contributed by atoms with E-state index in [0.717, 1.165) is 47.1 Å². The van der Waals surface area contributed by atoms with E-state index in [4.69, 9.17) is 19.2 Å². The van der Waals surface area contributed by atoms with Gasteiger partial charge >= 0.3 is 0 Å². The van der Waals surface area contributed by atoms with Crippen LogP contribution in [0.1, 0.15) is 27.0 Å². The number of methoxy groups -OCH3 is 1. The van der Waals surface area contributed by atoms with E-state index in [1.165, 1.54) is 52.3 Å². The Morgan fingerprint density at radius 2 is 1.82 bits per heavy atom. The van der Waals surface area contributed by atoms with Gasteiger partial charge in [0.1, 0.15) is 22.9 Å². The highest BCUT2D eigenvalue weighted by Crippen LogP contribution is 2.39. The van der Waals surface area contributed by atoms with Gasteiger partial charge < -0.3 is 14.2 Å². The number of Topliss-reactive ketones (excluding diaryl/α,β-unsaturated/α-hetero) is 1. The molecule has 0 spiro atoms. The van der Waals surface area contributed by atoms with Crippen LogP contribution in [0.15, 0.2) is 90.1 Å². The van der Waals surface area contributed by atoms with Crippen LogP contribution in [0.2, 0.25) is 0 Å². The van der Waals surface area contributed by atoms with Gasteiger partial charge in [0.05, 0.1) is 34.0 Å². The van der Waals surface area contributed by atoms with Gasteiger partial charge in [-0.2, -0.15) is 0 Å². The Bertz CT molecular complexity index is 2320. The first-order valence-corrected chi connectivity index (χ1v) is 17.4. The number of benzene rings is 2. The van der Waals surface area contributed by atoms with Crippen LogP contribution in [0.4, 0.5) is 8.78 Å². The molecule has 0 atom stereocenters. The summed E-state index contributed by atoms with van der Waals surface area (Å²) in [6.45, 7) is 4.01. The molecule has 1 saturated heterocycles. The third-order valence-electron chi connectivity index (χ3n) is 9.11. The molecule has 2 aliphatic heterocycles. The summed E-state index contributed by atoms with van der Waals surface area (Å²) in [6.07, 6.45) is 5.41. The highest BCUT2D eigenvalue weighted by molar-refractivity contribution is 7.22. The third kappa shape index (κ3) is 6.65. The van der Waals surface area contributed by atoms with Crippen molar-refractivity contribution < 1.29 is 27.8 Å². The van der Waals surface area contributed by atoms with Crippen LogP contribution in [-0.4, -0.2) is 58.6 Å². The molecule has 4 aromatic heterocycles. The Morgan fingerprint density at radius 1 is 1.00 bits per heavy atom. The fourth-order valence-corrected chi connectivity index (χ4v) is 7.66. The number of carbonyl (C=O) groups is 1. The fraction of sp³-hybridized carbons (Fsp3) is 0.231. The second kappa shape index (κ2) is 13.8. The van der Waals surface area contributed by atoms with E-state index in [-0.39, 0.29) is 23.5 Å². The first-order chi connectivity index (χ1) is 24.8. The van der Waals surface area contributed by atoms with Crippen molar-refractivity contribution in [3.05, 3.63) is 130 Å². The number of aromatic nitrogens is 3. The van der Waals surface area contributed by atoms with Gasteiger partial charge in [-0.3, -0.25) is 29.0 Å². The number of carbonyl (C=O) groups excluding carboxylic acids is 1. The summed E-state index contributed by atoms with van der Waals surface area (Å²) < 4.78 is 48.1. The average molecular weight is 707 g/mol. The van der Waals surface area contributed by atoms with Crippen molar-refractivity contribution in [1.82, 2.24) is 19.4 Å². The molecule has 1 fully saturated rings. The first-order valence-electron chi connectivity index (χ1n) is 16.5. The summed E-state index contributed by atoms with van der Waals surface area (Å²) in [5.74, 6) is -0.349. The normalized spacial score (nSPS) is 14.3. The Morgan fingerprint density at radius 3 is 2.59 bits per heavy atom. The molecule has 51 heavy (non-hydrogen) atoms. The van der Waals surface area contributed by atoms with Gasteiger partial charge in [-0.05, 0) is 59.7 Å². The SMILES string of the molecule is COCC1CN(Cc2ccc(-c3cc4nccc(Oc5ccc(CC(=O)c6c7c(cn(-c8ccc(F)cc8)c6=O)CCO7)cc5F)c4s3)nc2)C1. The minimum Gasteiger partial charge on any atom is -0.492 e. The molecule has 0 unspecified atom stereocenters. The molecule has 0 aliphatic carbocycles. The average Bonchev–Trinajstić information content (AvgIpc) is 3.77. The van der Waals surface area contributed by atoms with Crippen LogP contribution in [-0.2, 0) is 24.1 Å². The lowest BCUT2D eigenvalue weighted by atomic mass is 10.0. The van der Waals surface area contributed by atoms with Crippen LogP contribution < -0.4 is 15.0 Å². The molecular weight excluding hydrogens is 675 g/mol. The number of thiophene rings is 1. The summed E-state index contributed by atoms with van der Waals surface area (Å²) in [4.78, 5) is 39.6. The summed E-state index contributed by atoms with van der Waals surface area (Å²) >= 11 is 1.46. The number of nitrogens with zero attached hydrogens (tertiary/aromatic N) is 4. The summed E-state index contributed by atoms with van der Waals surface area (Å²) in [5, 5.41) is 0. The number of fused-ring (bicyclic) bond motifs is 2. The number of ketones is 1. The molecule has 6 aromatic rings. The number of hydrogen-bond acceptors (Lipinski definition) is 9. The zero-order chi connectivity index (χ0) is 35.1. The van der Waals surface area contributed by atoms with Gasteiger partial charge in [0.2, 0.25) is 0 Å². The number of halogens is 2. The zero-order valence-corrected chi connectivity index (χ0v) is 28.4. The number of hydrogen-bond donors (Lipinski definition) is 0. The van der Waals surface area contributed by atoms with Crippen LogP contribution in [0.3, 0.4) is 0 Å². The Kier molecular flexibility index (Phi) is 8.89. The van der Waals surface area contributed by atoms with Crippen LogP contribution in [0.5, 0.6) is 17.2 Å². The molecule has 2 aromatic carbocycles. The third-order valence-corrected chi connectivity index (χ3v) is 10.3. The molecule has 0 bridgehead atoms. The lowest BCUT2D eigenvalue weighted by Gasteiger charge is -2.38. The maximum Gasteiger partial charge on any atom is 0.269 e. The van der Waals surface area contributed by atoms with E-state index in [1.807, 2.05) is 18.3 Å². The van der Waals surface area contributed by atoms with Gasteiger partial charge in [0.15, 0.2) is 17.3 Å². The van der Waals surface area contributed by atoms with Crippen LogP contribution in [0, 0.1) is 17.6 Å². The van der Waals surface area contributed by atoms with Gasteiger partial charge in [0.25, 0.3) is 5.56 Å². The van der Waals surface area contributed by atoms with Gasteiger partial charge in [-0.25, -0.2) is 8.78 Å². The highest BCUT2D eigenvalue weighted by Gasteiger charge is 2.28. The monoisotopic (exact) mass is 706 g/mol. The summed E-state index contributed by atoms with van der Waals surface area (Å²) in [5.41, 5.74) is 3.44. The van der Waals surface area contributed by atoms with Crippen molar-refractivity contribution in [3.63, 3.8) is 0 Å². The summed E-state index contributed by atoms with van der Waals surface area (Å²) in [6, 6.07) is 17.4. The second-order valence-electron chi connectivity index (χ2n) is 12.8. The molecule has 0 saturated carbocycles. The molecule has 6 heterocycles. The number of likely N-dealkylation sites (tertiary alicyclic amines) is 1. The molecule has 0 radical (unpaired) electrons. The van der Waals surface area contributed by atoms with Crippen molar-refractivity contribution in [1.29, 1.82) is 0 Å². The van der Waals surface area contributed by atoms with Gasteiger partial charge in [-0.1, -0.05) is 12.1 Å². The standard InChI is InChI=1S/C39H32F2N4O5S/c1-48-22-25-19-44(20-25)18-24-2-8-30(43-17-24)35-16-31-38(51-35)34(10-12-42-31)50-33-9-3-23(14-29(33)41)15-32(46)36-37-26(11-13-49-37)21-45(39(36)47)28-6-4-27(40)5-7-28/h2-10,12,14,16-17,21,25H,11,13,15,18-20,22H2,1H3. The minimum absolute atomic E-state index is 0.0162. The van der Waals surface area contributed by atoms with Crippen LogP contribution >= 0.6 is 11.3 Å². The predicted octanol–water partition coefficient (Wildman–Crippen LogP) is 7.02. The molecule has 2 aliphatic rings. The molecule has 0 amide bonds. The lowest BCUT2D eigenvalue weighted by Crippen LogP contribution is -2.47. The smallest absolute Gasteiger partial charge is 0.269 e. The number of rotatable bonds is 11. The minimum atomic E-state index is -0.659. The molecule has 8 rings (SSSR count). The Balaban J connectivity index is 0.984. The second-order valence-corrected chi connectivity index (χ2v) is 13.8. The van der Waals surface area contributed by atoms with E-state index >= 15 is 4.39 Å². The topological polar surface area (TPSA) is 95.8 Å². The summed E-state index contributed by atoms with van der Waals surface area (Å²) in [7, 11) is 1.73. The Labute approximate surface area is 295 Å². The van der Waals surface area contributed by atoms with E-state index in [1.54, 1.807) is 31.6 Å². The van der Waals surface area contributed by atoms with Crippen molar-refractivity contribution in [2.45, 2.75) is 19.4 Å². The molecule has 9 nitrogen and oxygen atoms in total.